The molecule has 0 saturated heterocycles. The number of rotatable bonds is 5. The van der Waals surface area contributed by atoms with Gasteiger partial charge in [-0.1, -0.05) is 11.6 Å². The largest absolute Gasteiger partial charge is 0.507 e. The molecule has 2 aromatic rings. The van der Waals surface area contributed by atoms with Gasteiger partial charge in [0, 0.05) is 16.1 Å². The van der Waals surface area contributed by atoms with E-state index in [1.807, 2.05) is 0 Å². The third-order valence-electron chi connectivity index (χ3n) is 3.43. The molecule has 0 fully saturated rings. The number of nitrogens with one attached hydrogen (secondary N) is 2. The lowest BCUT2D eigenvalue weighted by molar-refractivity contribution is -0.120. The molecule has 0 aromatic heterocycles. The average molecular weight is 376 g/mol. The van der Waals surface area contributed by atoms with Gasteiger partial charge in [-0.05, 0) is 36.4 Å². The van der Waals surface area contributed by atoms with Crippen LogP contribution in [0.1, 0.15) is 15.9 Å². The van der Waals surface area contributed by atoms with Gasteiger partial charge in [0.2, 0.25) is 6.79 Å². The van der Waals surface area contributed by atoms with E-state index in [1.54, 1.807) is 12.1 Å². The van der Waals surface area contributed by atoms with Gasteiger partial charge in [-0.3, -0.25) is 9.59 Å². The number of hydrogen-bond donors (Lipinski definition) is 3. The molecule has 0 spiro atoms. The highest BCUT2D eigenvalue weighted by molar-refractivity contribution is 6.30. The predicted molar refractivity (Wildman–Crippen MR) is 93.8 cm³/mol. The van der Waals surface area contributed by atoms with Gasteiger partial charge in [0.25, 0.3) is 11.8 Å². The maximum absolute atomic E-state index is 12.1. The Morgan fingerprint density at radius 1 is 1.19 bits per heavy atom. The summed E-state index contributed by atoms with van der Waals surface area (Å²) in [6.45, 7) is -0.158. The summed E-state index contributed by atoms with van der Waals surface area (Å²) in [4.78, 5) is 23.8. The van der Waals surface area contributed by atoms with Crippen molar-refractivity contribution in [2.45, 2.75) is 0 Å². The van der Waals surface area contributed by atoms with Crippen molar-refractivity contribution in [1.29, 1.82) is 0 Å². The zero-order valence-corrected chi connectivity index (χ0v) is 14.1. The zero-order chi connectivity index (χ0) is 18.5. The quantitative estimate of drug-likeness (QED) is 0.544. The Kier molecular flexibility index (Phi) is 5.23. The zero-order valence-electron chi connectivity index (χ0n) is 13.4. The Hall–Kier alpha value is -3.26. The van der Waals surface area contributed by atoms with Crippen LogP contribution in [0.15, 0.2) is 41.5 Å². The minimum atomic E-state index is -0.531. The van der Waals surface area contributed by atoms with Gasteiger partial charge in [-0.15, -0.1) is 0 Å². The van der Waals surface area contributed by atoms with Gasteiger partial charge in [-0.2, -0.15) is 5.10 Å². The molecule has 2 aromatic carbocycles. The normalized spacial score (nSPS) is 12.2. The SMILES string of the molecule is O=C(CNC(=O)c1ccc2c(c1)OCO2)NN=Cc1cc(Cl)ccc1O. The van der Waals surface area contributed by atoms with Crippen LogP contribution in [-0.4, -0.2) is 36.5 Å². The Bertz CT molecular complexity index is 885. The fourth-order valence-corrected chi connectivity index (χ4v) is 2.32. The summed E-state index contributed by atoms with van der Waals surface area (Å²) in [6.07, 6.45) is 1.25. The van der Waals surface area contributed by atoms with Crippen LogP contribution in [0.25, 0.3) is 0 Å². The number of hydrogen-bond acceptors (Lipinski definition) is 6. The lowest BCUT2D eigenvalue weighted by Gasteiger charge is -2.05. The fraction of sp³-hybridized carbons (Fsp3) is 0.118. The summed E-state index contributed by atoms with van der Waals surface area (Å²) < 4.78 is 10.4. The van der Waals surface area contributed by atoms with E-state index < -0.39 is 11.8 Å². The van der Waals surface area contributed by atoms with Crippen LogP contribution in [0, 0.1) is 0 Å². The number of hydrazone groups is 1. The van der Waals surface area contributed by atoms with Gasteiger partial charge in [-0.25, -0.2) is 5.43 Å². The van der Waals surface area contributed by atoms with E-state index in [1.165, 1.54) is 30.5 Å². The standard InChI is InChI=1S/C17H14ClN3O5/c18-12-2-3-13(22)11(5-12)7-20-21-16(23)8-19-17(24)10-1-4-14-15(6-10)26-9-25-14/h1-7,22H,8-9H2,(H,19,24)(H,21,23). The number of amides is 2. The molecule has 1 aliphatic rings. The number of halogens is 1. The van der Waals surface area contributed by atoms with Crippen LogP contribution < -0.4 is 20.2 Å². The van der Waals surface area contributed by atoms with Crippen molar-refractivity contribution < 1.29 is 24.2 Å². The van der Waals surface area contributed by atoms with Crippen molar-refractivity contribution in [2.24, 2.45) is 5.10 Å². The Labute approximate surface area is 153 Å². The smallest absolute Gasteiger partial charge is 0.259 e. The van der Waals surface area contributed by atoms with Crippen LogP contribution in [0.2, 0.25) is 5.02 Å². The molecule has 2 amide bonds. The number of phenolic OH excluding ortho intramolecular Hbond substituents is 1. The molecule has 3 N–H and O–H groups in total. The lowest BCUT2D eigenvalue weighted by atomic mass is 10.2. The summed E-state index contributed by atoms with van der Waals surface area (Å²) in [5.41, 5.74) is 2.93. The number of ether oxygens (including phenoxy) is 2. The molecule has 8 nitrogen and oxygen atoms in total. The first-order chi connectivity index (χ1) is 12.5. The highest BCUT2D eigenvalue weighted by atomic mass is 35.5. The second-order valence-electron chi connectivity index (χ2n) is 5.25. The minimum absolute atomic E-state index is 0.0245. The van der Waals surface area contributed by atoms with Crippen LogP contribution in [0.4, 0.5) is 0 Å². The molecule has 26 heavy (non-hydrogen) atoms. The molecule has 1 aliphatic heterocycles. The first-order valence-corrected chi connectivity index (χ1v) is 7.89. The minimum Gasteiger partial charge on any atom is -0.507 e. The van der Waals surface area contributed by atoms with E-state index in [9.17, 15) is 14.7 Å². The predicted octanol–water partition coefficient (Wildman–Crippen LogP) is 1.65. The Balaban J connectivity index is 1.50. The summed E-state index contributed by atoms with van der Waals surface area (Å²) >= 11 is 5.81. The number of nitrogens with zero attached hydrogens (tertiary/aromatic N) is 1. The van der Waals surface area contributed by atoms with Crippen molar-refractivity contribution in [3.8, 4) is 17.2 Å². The molecule has 9 heteroatoms. The molecule has 0 aliphatic carbocycles. The van der Waals surface area contributed by atoms with Crippen LogP contribution >= 0.6 is 11.6 Å². The topological polar surface area (TPSA) is 109 Å². The first kappa shape index (κ1) is 17.6. The maximum atomic E-state index is 12.1. The van der Waals surface area contributed by atoms with Crippen molar-refractivity contribution in [3.05, 3.63) is 52.5 Å². The number of aromatic hydroxyl groups is 1. The van der Waals surface area contributed by atoms with Crippen LogP contribution in [0.5, 0.6) is 17.2 Å². The molecule has 0 atom stereocenters. The van der Waals surface area contributed by atoms with Crippen LogP contribution in [0.3, 0.4) is 0 Å². The van der Waals surface area contributed by atoms with E-state index in [2.05, 4.69) is 15.8 Å². The summed E-state index contributed by atoms with van der Waals surface area (Å²) in [7, 11) is 0. The van der Waals surface area contributed by atoms with Gasteiger partial charge in [0.1, 0.15) is 5.75 Å². The second kappa shape index (κ2) is 7.75. The second-order valence-corrected chi connectivity index (χ2v) is 5.68. The number of phenols is 1. The molecule has 0 unspecified atom stereocenters. The van der Waals surface area contributed by atoms with Gasteiger partial charge in [0.05, 0.1) is 12.8 Å². The highest BCUT2D eigenvalue weighted by Crippen LogP contribution is 2.32. The van der Waals surface area contributed by atoms with E-state index in [4.69, 9.17) is 21.1 Å². The monoisotopic (exact) mass is 375 g/mol. The van der Waals surface area contributed by atoms with E-state index in [0.717, 1.165) is 0 Å². The van der Waals surface area contributed by atoms with Crippen molar-refractivity contribution in [1.82, 2.24) is 10.7 Å². The van der Waals surface area contributed by atoms with Gasteiger partial charge in [0.15, 0.2) is 11.5 Å². The van der Waals surface area contributed by atoms with E-state index in [0.29, 0.717) is 27.6 Å². The molecule has 134 valence electrons. The third-order valence-corrected chi connectivity index (χ3v) is 3.66. The molecule has 3 rings (SSSR count). The van der Waals surface area contributed by atoms with Crippen molar-refractivity contribution >= 4 is 29.6 Å². The number of carbonyl (C=O) groups excluding carboxylic acids is 2. The molecule has 0 radical (unpaired) electrons. The number of fused-ring (bicyclic) bond motifs is 1. The molecule has 1 heterocycles. The molecular weight excluding hydrogens is 362 g/mol. The Morgan fingerprint density at radius 2 is 2.00 bits per heavy atom. The maximum Gasteiger partial charge on any atom is 0.259 e. The number of benzene rings is 2. The van der Waals surface area contributed by atoms with Gasteiger partial charge >= 0.3 is 0 Å². The van der Waals surface area contributed by atoms with Crippen LogP contribution in [-0.2, 0) is 4.79 Å². The summed E-state index contributed by atoms with van der Waals surface area (Å²) in [6, 6.07) is 9.17. The molecule has 0 bridgehead atoms. The lowest BCUT2D eigenvalue weighted by Crippen LogP contribution is -2.34. The Morgan fingerprint density at radius 3 is 2.85 bits per heavy atom. The third kappa shape index (κ3) is 4.22. The van der Waals surface area contributed by atoms with Gasteiger partial charge < -0.3 is 19.9 Å². The number of carbonyl (C=O) groups is 2. The average Bonchev–Trinajstić information content (AvgIpc) is 3.10. The molecular formula is C17H14ClN3O5. The van der Waals surface area contributed by atoms with Crippen molar-refractivity contribution in [2.75, 3.05) is 13.3 Å². The molecule has 0 saturated carbocycles. The van der Waals surface area contributed by atoms with E-state index in [-0.39, 0.29) is 19.1 Å². The summed E-state index contributed by atoms with van der Waals surface area (Å²) in [5.74, 6) is 0.0567. The first-order valence-electron chi connectivity index (χ1n) is 7.51. The summed E-state index contributed by atoms with van der Waals surface area (Å²) in [5, 5.41) is 16.2. The van der Waals surface area contributed by atoms with Crippen molar-refractivity contribution in [3.63, 3.8) is 0 Å². The van der Waals surface area contributed by atoms with E-state index >= 15 is 0 Å². The highest BCUT2D eigenvalue weighted by Gasteiger charge is 2.16. The fourth-order valence-electron chi connectivity index (χ4n) is 2.14.